The van der Waals surface area contributed by atoms with E-state index in [1.54, 1.807) is 0 Å². The number of sulfonamides is 1. The lowest BCUT2D eigenvalue weighted by atomic mass is 9.97. The lowest BCUT2D eigenvalue weighted by Gasteiger charge is -2.31. The molecule has 0 bridgehead atoms. The van der Waals surface area contributed by atoms with E-state index in [9.17, 15) is 18.5 Å². The number of anilines is 2. The summed E-state index contributed by atoms with van der Waals surface area (Å²) in [5.41, 5.74) is 12.7. The molecule has 2 fully saturated rings. The van der Waals surface area contributed by atoms with Gasteiger partial charge in [-0.1, -0.05) is 24.4 Å². The van der Waals surface area contributed by atoms with Crippen LogP contribution < -0.4 is 11.5 Å². The van der Waals surface area contributed by atoms with E-state index < -0.39 is 20.6 Å². The largest absolute Gasteiger partial charge is 0.382 e. The minimum atomic E-state index is -3.92. The van der Waals surface area contributed by atoms with Crippen LogP contribution in [0, 0.1) is 10.1 Å². The molecule has 1 aliphatic heterocycles. The highest BCUT2D eigenvalue weighted by Gasteiger charge is 2.35. The molecular weight excluding hydrogens is 496 g/mol. The number of fused-ring (bicyclic) bond motifs is 1. The van der Waals surface area contributed by atoms with Crippen LogP contribution >= 0.6 is 11.6 Å². The zero-order valence-electron chi connectivity index (χ0n) is 18.8. The molecule has 0 atom stereocenters. The third-order valence-electron chi connectivity index (χ3n) is 6.87. The molecule has 0 amide bonds. The summed E-state index contributed by atoms with van der Waals surface area (Å²) < 4.78 is 29.9. The number of hydrogen-bond donors (Lipinski definition) is 2. The SMILES string of the molecule is Nc1nc(N)c2nc(C3CCN(S(=O)(=O)c4ccc(Cl)c([N+](=O)[O-])c4)CC3)n(C3CCCC3)c2n1. The van der Waals surface area contributed by atoms with Crippen molar-refractivity contribution in [3.63, 3.8) is 0 Å². The molecule has 1 aromatic carbocycles. The van der Waals surface area contributed by atoms with Crippen LogP contribution in [-0.2, 0) is 10.0 Å². The number of benzene rings is 1. The minimum Gasteiger partial charge on any atom is -0.382 e. The average Bonchev–Trinajstić information content (AvgIpc) is 3.47. The summed E-state index contributed by atoms with van der Waals surface area (Å²) in [6.07, 6.45) is 5.31. The summed E-state index contributed by atoms with van der Waals surface area (Å²) in [4.78, 5) is 23.7. The Bertz CT molecular complexity index is 1410. The molecule has 4 N–H and O–H groups in total. The van der Waals surface area contributed by atoms with Crippen molar-refractivity contribution in [2.75, 3.05) is 24.6 Å². The second kappa shape index (κ2) is 8.88. The van der Waals surface area contributed by atoms with Crippen molar-refractivity contribution >= 4 is 50.2 Å². The fourth-order valence-electron chi connectivity index (χ4n) is 5.14. The van der Waals surface area contributed by atoms with Crippen molar-refractivity contribution in [1.82, 2.24) is 23.8 Å². The molecule has 14 heteroatoms. The van der Waals surface area contributed by atoms with Crippen LogP contribution in [0.3, 0.4) is 0 Å². The van der Waals surface area contributed by atoms with Crippen molar-refractivity contribution in [2.45, 2.75) is 55.4 Å². The topological polar surface area (TPSA) is 176 Å². The van der Waals surface area contributed by atoms with Gasteiger partial charge in [0.05, 0.1) is 9.82 Å². The lowest BCUT2D eigenvalue weighted by Crippen LogP contribution is -2.38. The van der Waals surface area contributed by atoms with Crippen molar-refractivity contribution in [3.05, 3.63) is 39.2 Å². The van der Waals surface area contributed by atoms with Gasteiger partial charge in [0.25, 0.3) is 5.69 Å². The van der Waals surface area contributed by atoms with E-state index in [4.69, 9.17) is 28.1 Å². The second-order valence-corrected chi connectivity index (χ2v) is 11.3. The Morgan fingerprint density at radius 3 is 2.40 bits per heavy atom. The maximum Gasteiger partial charge on any atom is 0.289 e. The number of imidazole rings is 1. The molecule has 35 heavy (non-hydrogen) atoms. The van der Waals surface area contributed by atoms with E-state index in [2.05, 4.69) is 14.5 Å². The molecule has 5 rings (SSSR count). The first kappa shape index (κ1) is 23.7. The van der Waals surface area contributed by atoms with E-state index in [1.165, 1.54) is 16.4 Å². The van der Waals surface area contributed by atoms with Crippen LogP contribution in [0.5, 0.6) is 0 Å². The normalized spacial score (nSPS) is 18.4. The summed E-state index contributed by atoms with van der Waals surface area (Å²) in [6.45, 7) is 0.501. The quantitative estimate of drug-likeness (QED) is 0.377. The Kier molecular flexibility index (Phi) is 6.01. The zero-order chi connectivity index (χ0) is 24.9. The van der Waals surface area contributed by atoms with E-state index in [0.717, 1.165) is 37.6 Å². The molecular formula is C21H25ClN8O4S. The van der Waals surface area contributed by atoms with Crippen molar-refractivity contribution in [3.8, 4) is 0 Å². The number of piperidine rings is 1. The number of nitro benzene ring substituents is 1. The number of aromatic nitrogens is 4. The van der Waals surface area contributed by atoms with Gasteiger partial charge in [-0.3, -0.25) is 10.1 Å². The van der Waals surface area contributed by atoms with Gasteiger partial charge in [-0.2, -0.15) is 14.3 Å². The monoisotopic (exact) mass is 520 g/mol. The molecule has 0 radical (unpaired) electrons. The van der Waals surface area contributed by atoms with Crippen LogP contribution in [0.4, 0.5) is 17.5 Å². The summed E-state index contributed by atoms with van der Waals surface area (Å²) in [6, 6.07) is 3.78. The first-order valence-electron chi connectivity index (χ1n) is 11.4. The van der Waals surface area contributed by atoms with Gasteiger partial charge in [0.2, 0.25) is 16.0 Å². The van der Waals surface area contributed by atoms with Gasteiger partial charge < -0.3 is 16.0 Å². The highest BCUT2D eigenvalue weighted by molar-refractivity contribution is 7.89. The Morgan fingerprint density at radius 1 is 1.06 bits per heavy atom. The molecule has 2 aliphatic rings. The zero-order valence-corrected chi connectivity index (χ0v) is 20.4. The maximum atomic E-state index is 13.2. The van der Waals surface area contributed by atoms with Crippen LogP contribution in [0.15, 0.2) is 23.1 Å². The molecule has 1 saturated heterocycles. The van der Waals surface area contributed by atoms with E-state index in [1.807, 2.05) is 0 Å². The maximum absolute atomic E-state index is 13.2. The Balaban J connectivity index is 1.43. The first-order chi connectivity index (χ1) is 16.7. The van der Waals surface area contributed by atoms with Crippen molar-refractivity contribution in [1.29, 1.82) is 0 Å². The van der Waals surface area contributed by atoms with E-state index >= 15 is 0 Å². The van der Waals surface area contributed by atoms with Gasteiger partial charge in [-0.25, -0.2) is 13.4 Å². The standard InChI is InChI=1S/C21H25ClN8O4S/c22-15-6-5-14(11-16(15)30(31)32)35(33,34)28-9-7-12(8-10-28)19-25-17-18(23)26-21(24)27-20(17)29(19)13-3-1-2-4-13/h5-6,11-13H,1-4,7-10H2,(H4,23,24,26,27). The van der Waals surface area contributed by atoms with E-state index in [0.29, 0.717) is 24.0 Å². The number of nitrogen functional groups attached to an aromatic ring is 2. The molecule has 186 valence electrons. The van der Waals surface area contributed by atoms with Crippen LogP contribution in [-0.4, -0.2) is 50.3 Å². The highest BCUT2D eigenvalue weighted by Crippen LogP contribution is 2.39. The molecule has 0 unspecified atom stereocenters. The molecule has 3 aromatic rings. The summed E-state index contributed by atoms with van der Waals surface area (Å²) in [5, 5.41) is 11.1. The predicted molar refractivity (Wildman–Crippen MR) is 130 cm³/mol. The number of rotatable bonds is 5. The minimum absolute atomic E-state index is 0.00331. The summed E-state index contributed by atoms with van der Waals surface area (Å²) >= 11 is 5.85. The van der Waals surface area contributed by atoms with Crippen LogP contribution in [0.25, 0.3) is 11.2 Å². The van der Waals surface area contributed by atoms with Gasteiger partial charge in [0.15, 0.2) is 17.0 Å². The smallest absolute Gasteiger partial charge is 0.289 e. The lowest BCUT2D eigenvalue weighted by molar-refractivity contribution is -0.384. The number of halogens is 1. The van der Waals surface area contributed by atoms with Crippen molar-refractivity contribution in [2.24, 2.45) is 0 Å². The summed E-state index contributed by atoms with van der Waals surface area (Å²) in [7, 11) is -3.92. The number of hydrogen-bond acceptors (Lipinski definition) is 9. The molecule has 12 nitrogen and oxygen atoms in total. The predicted octanol–water partition coefficient (Wildman–Crippen LogP) is 3.24. The Labute approximate surface area is 206 Å². The second-order valence-electron chi connectivity index (χ2n) is 8.97. The number of nitrogens with two attached hydrogens (primary N) is 2. The van der Waals surface area contributed by atoms with E-state index in [-0.39, 0.29) is 46.7 Å². The number of nitro groups is 1. The number of nitrogens with zero attached hydrogens (tertiary/aromatic N) is 6. The van der Waals surface area contributed by atoms with Crippen LogP contribution in [0.2, 0.25) is 5.02 Å². The third-order valence-corrected chi connectivity index (χ3v) is 9.09. The highest BCUT2D eigenvalue weighted by atomic mass is 35.5. The van der Waals surface area contributed by atoms with Gasteiger partial charge in [0, 0.05) is 31.1 Å². The van der Waals surface area contributed by atoms with Crippen molar-refractivity contribution < 1.29 is 13.3 Å². The first-order valence-corrected chi connectivity index (χ1v) is 13.2. The van der Waals surface area contributed by atoms with Crippen LogP contribution in [0.1, 0.15) is 56.3 Å². The Hall–Kier alpha value is -3.03. The third kappa shape index (κ3) is 4.17. The molecule has 3 heterocycles. The average molecular weight is 521 g/mol. The Morgan fingerprint density at radius 2 is 1.74 bits per heavy atom. The van der Waals surface area contributed by atoms with Gasteiger partial charge >= 0.3 is 0 Å². The molecule has 1 saturated carbocycles. The molecule has 0 spiro atoms. The van der Waals surface area contributed by atoms with Gasteiger partial charge in [-0.15, -0.1) is 0 Å². The fraction of sp³-hybridized carbons (Fsp3) is 0.476. The molecule has 1 aliphatic carbocycles. The van der Waals surface area contributed by atoms with Gasteiger partial charge in [-0.05, 0) is 37.8 Å². The van der Waals surface area contributed by atoms with Gasteiger partial charge in [0.1, 0.15) is 10.8 Å². The summed E-state index contributed by atoms with van der Waals surface area (Å²) in [5.74, 6) is 1.16. The fourth-order valence-corrected chi connectivity index (χ4v) is 6.81. The molecule has 2 aromatic heterocycles.